The fraction of sp³-hybridized carbons (Fsp3) is 0.846. The highest BCUT2D eigenvalue weighted by Gasteiger charge is 2.41. The minimum Gasteiger partial charge on any atom is -0.374 e. The molecule has 1 rings (SSSR count). The van der Waals surface area contributed by atoms with Crippen molar-refractivity contribution < 1.29 is 4.74 Å². The Bertz CT molecular complexity index is 213. The molecular weight excluding hydrogens is 186 g/mol. The van der Waals surface area contributed by atoms with Gasteiger partial charge < -0.3 is 10.1 Å². The lowest BCUT2D eigenvalue weighted by Gasteiger charge is -2.37. The summed E-state index contributed by atoms with van der Waals surface area (Å²) in [5.41, 5.74) is 0.0110. The summed E-state index contributed by atoms with van der Waals surface area (Å²) in [5.74, 6) is 2.77. The van der Waals surface area contributed by atoms with E-state index < -0.39 is 0 Å². The summed E-state index contributed by atoms with van der Waals surface area (Å²) in [6.07, 6.45) is 11.1. The molecule has 86 valence electrons. The molecule has 1 N–H and O–H groups in total. The Labute approximate surface area is 93.8 Å². The minimum absolute atomic E-state index is 0.0110. The Morgan fingerprint density at radius 2 is 2.07 bits per heavy atom. The standard InChI is InChI=1S/C13H23NO/c1-4-9-12(14-5-2)13(15-6-3)10-7-8-11-13/h1,12,14H,5-11H2,2-3H3. The van der Waals surface area contributed by atoms with Crippen molar-refractivity contribution in [2.75, 3.05) is 13.2 Å². The molecule has 0 saturated heterocycles. The van der Waals surface area contributed by atoms with Crippen molar-refractivity contribution in [3.63, 3.8) is 0 Å². The van der Waals surface area contributed by atoms with Crippen LogP contribution in [0.25, 0.3) is 0 Å². The SMILES string of the molecule is C#CCC(NCC)C1(OCC)CCCC1. The topological polar surface area (TPSA) is 21.3 Å². The third-order valence-electron chi connectivity index (χ3n) is 3.29. The van der Waals surface area contributed by atoms with E-state index in [2.05, 4.69) is 25.1 Å². The maximum Gasteiger partial charge on any atom is 0.0843 e. The van der Waals surface area contributed by atoms with Crippen LogP contribution in [0.2, 0.25) is 0 Å². The monoisotopic (exact) mass is 209 g/mol. The first-order valence-corrected chi connectivity index (χ1v) is 6.10. The zero-order valence-electron chi connectivity index (χ0n) is 10.0. The maximum atomic E-state index is 6.00. The zero-order chi connectivity index (χ0) is 11.1. The number of hydrogen-bond acceptors (Lipinski definition) is 2. The highest BCUT2D eigenvalue weighted by molar-refractivity contribution is 5.03. The lowest BCUT2D eigenvalue weighted by Crippen LogP contribution is -2.50. The number of nitrogens with one attached hydrogen (secondary N) is 1. The Balaban J connectivity index is 2.69. The predicted octanol–water partition coefficient (Wildman–Crippen LogP) is 2.34. The first kappa shape index (κ1) is 12.5. The van der Waals surface area contributed by atoms with Crippen molar-refractivity contribution in [2.45, 2.75) is 57.6 Å². The van der Waals surface area contributed by atoms with Gasteiger partial charge in [0.2, 0.25) is 0 Å². The Morgan fingerprint density at radius 3 is 2.53 bits per heavy atom. The molecular formula is C13H23NO. The summed E-state index contributed by atoms with van der Waals surface area (Å²) in [6, 6.07) is 0.329. The van der Waals surface area contributed by atoms with Gasteiger partial charge in [-0.15, -0.1) is 12.3 Å². The van der Waals surface area contributed by atoms with E-state index in [-0.39, 0.29) is 5.60 Å². The van der Waals surface area contributed by atoms with Crippen molar-refractivity contribution in [1.82, 2.24) is 5.32 Å². The van der Waals surface area contributed by atoms with E-state index in [1.165, 1.54) is 12.8 Å². The Morgan fingerprint density at radius 1 is 1.40 bits per heavy atom. The molecule has 1 unspecified atom stereocenters. The van der Waals surface area contributed by atoms with Gasteiger partial charge in [-0.05, 0) is 26.3 Å². The van der Waals surface area contributed by atoms with E-state index in [4.69, 9.17) is 11.2 Å². The van der Waals surface area contributed by atoms with Gasteiger partial charge in [-0.2, -0.15) is 0 Å². The van der Waals surface area contributed by atoms with Crippen LogP contribution in [-0.4, -0.2) is 24.8 Å². The zero-order valence-corrected chi connectivity index (χ0v) is 10.0. The maximum absolute atomic E-state index is 6.00. The minimum atomic E-state index is 0.0110. The number of ether oxygens (including phenoxy) is 1. The number of rotatable bonds is 6. The van der Waals surface area contributed by atoms with Crippen LogP contribution in [0, 0.1) is 12.3 Å². The number of likely N-dealkylation sites (N-methyl/N-ethyl adjacent to an activating group) is 1. The third kappa shape index (κ3) is 2.96. The molecule has 0 aromatic carbocycles. The van der Waals surface area contributed by atoms with Crippen LogP contribution in [0.5, 0.6) is 0 Å². The molecule has 1 aliphatic carbocycles. The van der Waals surface area contributed by atoms with E-state index in [0.29, 0.717) is 6.04 Å². The first-order valence-electron chi connectivity index (χ1n) is 6.10. The number of hydrogen-bond donors (Lipinski definition) is 1. The van der Waals surface area contributed by atoms with E-state index in [9.17, 15) is 0 Å². The third-order valence-corrected chi connectivity index (χ3v) is 3.29. The van der Waals surface area contributed by atoms with Crippen molar-refractivity contribution >= 4 is 0 Å². The average Bonchev–Trinajstić information content (AvgIpc) is 2.68. The van der Waals surface area contributed by atoms with Crippen LogP contribution >= 0.6 is 0 Å². The summed E-state index contributed by atoms with van der Waals surface area (Å²) in [6.45, 7) is 5.94. The van der Waals surface area contributed by atoms with Gasteiger partial charge in [-0.25, -0.2) is 0 Å². The summed E-state index contributed by atoms with van der Waals surface area (Å²) >= 11 is 0. The molecule has 0 aromatic heterocycles. The molecule has 1 aliphatic rings. The average molecular weight is 209 g/mol. The second-order valence-electron chi connectivity index (χ2n) is 4.22. The summed E-state index contributed by atoms with van der Waals surface area (Å²) in [4.78, 5) is 0. The van der Waals surface area contributed by atoms with Gasteiger partial charge in [0.25, 0.3) is 0 Å². The summed E-state index contributed by atoms with van der Waals surface area (Å²) in [5, 5.41) is 3.48. The van der Waals surface area contributed by atoms with Gasteiger partial charge >= 0.3 is 0 Å². The molecule has 2 heteroatoms. The highest BCUT2D eigenvalue weighted by Crippen LogP contribution is 2.37. The van der Waals surface area contributed by atoms with E-state index in [1.54, 1.807) is 0 Å². The van der Waals surface area contributed by atoms with E-state index in [0.717, 1.165) is 32.4 Å². The molecule has 15 heavy (non-hydrogen) atoms. The smallest absolute Gasteiger partial charge is 0.0843 e. The van der Waals surface area contributed by atoms with Crippen molar-refractivity contribution in [3.8, 4) is 12.3 Å². The molecule has 1 saturated carbocycles. The first-order chi connectivity index (χ1) is 7.29. The molecule has 0 aromatic rings. The van der Waals surface area contributed by atoms with Crippen LogP contribution in [0.1, 0.15) is 46.0 Å². The van der Waals surface area contributed by atoms with Crippen LogP contribution in [0.15, 0.2) is 0 Å². The van der Waals surface area contributed by atoms with Crippen molar-refractivity contribution in [1.29, 1.82) is 0 Å². The number of terminal acetylenes is 1. The van der Waals surface area contributed by atoms with Crippen LogP contribution in [0.4, 0.5) is 0 Å². The van der Waals surface area contributed by atoms with Gasteiger partial charge in [0, 0.05) is 19.1 Å². The van der Waals surface area contributed by atoms with Crippen LogP contribution in [0.3, 0.4) is 0 Å². The molecule has 0 heterocycles. The van der Waals surface area contributed by atoms with Gasteiger partial charge in [0.15, 0.2) is 0 Å². The largest absolute Gasteiger partial charge is 0.374 e. The molecule has 2 nitrogen and oxygen atoms in total. The molecule has 0 bridgehead atoms. The molecule has 0 aliphatic heterocycles. The molecule has 0 amide bonds. The second kappa shape index (κ2) is 6.15. The van der Waals surface area contributed by atoms with Crippen LogP contribution in [-0.2, 0) is 4.74 Å². The van der Waals surface area contributed by atoms with Crippen molar-refractivity contribution in [2.24, 2.45) is 0 Å². The van der Waals surface area contributed by atoms with Gasteiger partial charge in [0.1, 0.15) is 0 Å². The van der Waals surface area contributed by atoms with Gasteiger partial charge in [-0.1, -0.05) is 19.8 Å². The molecule has 0 spiro atoms. The normalized spacial score (nSPS) is 21.1. The Kier molecular flexibility index (Phi) is 5.14. The second-order valence-corrected chi connectivity index (χ2v) is 4.22. The fourth-order valence-electron chi connectivity index (χ4n) is 2.66. The predicted molar refractivity (Wildman–Crippen MR) is 63.7 cm³/mol. The molecule has 1 fully saturated rings. The lowest BCUT2D eigenvalue weighted by molar-refractivity contribution is -0.0598. The highest BCUT2D eigenvalue weighted by atomic mass is 16.5. The van der Waals surface area contributed by atoms with Crippen molar-refractivity contribution in [3.05, 3.63) is 0 Å². The fourth-order valence-corrected chi connectivity index (χ4v) is 2.66. The van der Waals surface area contributed by atoms with E-state index in [1.807, 2.05) is 0 Å². The van der Waals surface area contributed by atoms with Crippen LogP contribution < -0.4 is 5.32 Å². The molecule has 0 radical (unpaired) electrons. The lowest BCUT2D eigenvalue weighted by atomic mass is 9.89. The summed E-state index contributed by atoms with van der Waals surface area (Å²) < 4.78 is 6.00. The molecule has 1 atom stereocenters. The van der Waals surface area contributed by atoms with E-state index >= 15 is 0 Å². The van der Waals surface area contributed by atoms with Gasteiger partial charge in [0.05, 0.1) is 5.60 Å². The van der Waals surface area contributed by atoms with Gasteiger partial charge in [-0.3, -0.25) is 0 Å². The Hall–Kier alpha value is -0.520. The quantitative estimate of drug-likeness (QED) is 0.678. The summed E-state index contributed by atoms with van der Waals surface area (Å²) in [7, 11) is 0.